The van der Waals surface area contributed by atoms with E-state index in [1.165, 1.54) is 11.6 Å². The lowest BCUT2D eigenvalue weighted by Gasteiger charge is -2.40. The predicted octanol–water partition coefficient (Wildman–Crippen LogP) is 5.79. The van der Waals surface area contributed by atoms with Crippen molar-refractivity contribution in [2.45, 2.75) is 31.6 Å². The highest BCUT2D eigenvalue weighted by molar-refractivity contribution is 5.92. The van der Waals surface area contributed by atoms with Crippen molar-refractivity contribution in [1.82, 2.24) is 5.32 Å². The molecule has 1 aliphatic heterocycles. The first kappa shape index (κ1) is 23.6. The molecule has 0 aromatic heterocycles. The van der Waals surface area contributed by atoms with Crippen LogP contribution in [-0.2, 0) is 10.2 Å². The average Bonchev–Trinajstić information content (AvgIpc) is 2.87. The number of halogens is 2. The molecule has 4 nitrogen and oxygen atoms in total. The van der Waals surface area contributed by atoms with E-state index in [4.69, 9.17) is 0 Å². The van der Waals surface area contributed by atoms with Crippen LogP contribution in [0.25, 0.3) is 11.1 Å². The number of hydrogen-bond donors (Lipinski definition) is 2. The number of carbonyl (C=O) groups excluding carboxylic acids is 1. The fourth-order valence-electron chi connectivity index (χ4n) is 4.82. The van der Waals surface area contributed by atoms with Gasteiger partial charge in [0.15, 0.2) is 11.6 Å². The summed E-state index contributed by atoms with van der Waals surface area (Å²) >= 11 is 0. The summed E-state index contributed by atoms with van der Waals surface area (Å²) in [5.74, 6) is -2.46. The van der Waals surface area contributed by atoms with E-state index in [1.807, 2.05) is 25.1 Å². The zero-order valence-electron chi connectivity index (χ0n) is 19.1. The first-order chi connectivity index (χ1) is 16.4. The van der Waals surface area contributed by atoms with E-state index < -0.39 is 11.6 Å². The average molecular weight is 460 g/mol. The number of hydrogen-bond acceptors (Lipinski definition) is 3. The van der Waals surface area contributed by atoms with Crippen molar-refractivity contribution in [3.8, 4) is 17.2 Å². The largest absolute Gasteiger partial charge is 0.326 e. The number of nitrogens with one attached hydrogen (secondary N) is 2. The van der Waals surface area contributed by atoms with Gasteiger partial charge in [-0.15, -0.1) is 0 Å². The van der Waals surface area contributed by atoms with Crippen molar-refractivity contribution in [1.29, 1.82) is 5.26 Å². The first-order valence-electron chi connectivity index (χ1n) is 11.5. The SMILES string of the molecule is CC(CC1(c2ccc(-c3cccc(C#N)c3)cc2)CCNCC1)C(=O)Nc1ccc(F)c(F)c1. The Balaban J connectivity index is 1.53. The van der Waals surface area contributed by atoms with Gasteiger partial charge in [0.05, 0.1) is 11.6 Å². The second-order valence-corrected chi connectivity index (χ2v) is 9.02. The molecule has 0 radical (unpaired) electrons. The summed E-state index contributed by atoms with van der Waals surface area (Å²) in [6, 6.07) is 21.5. The molecule has 1 aliphatic rings. The van der Waals surface area contributed by atoms with Gasteiger partial charge >= 0.3 is 0 Å². The van der Waals surface area contributed by atoms with E-state index in [1.54, 1.807) is 6.07 Å². The van der Waals surface area contributed by atoms with Crippen molar-refractivity contribution in [3.63, 3.8) is 0 Å². The van der Waals surface area contributed by atoms with Crippen LogP contribution in [-0.4, -0.2) is 19.0 Å². The lowest BCUT2D eigenvalue weighted by Crippen LogP contribution is -2.42. The summed E-state index contributed by atoms with van der Waals surface area (Å²) in [7, 11) is 0. The minimum Gasteiger partial charge on any atom is -0.326 e. The molecule has 1 fully saturated rings. The molecule has 0 aliphatic carbocycles. The van der Waals surface area contributed by atoms with Crippen molar-refractivity contribution in [3.05, 3.63) is 89.5 Å². The molecule has 0 bridgehead atoms. The van der Waals surface area contributed by atoms with E-state index in [0.717, 1.165) is 49.2 Å². The standard InChI is InChI=1S/C28H27F2N3O/c1-19(27(34)33-24-9-10-25(29)26(30)16-24)17-28(11-13-32-14-12-28)23-7-5-21(6-8-23)22-4-2-3-20(15-22)18-31/h2-10,15-16,19,32H,11-14,17H2,1H3,(H,33,34). The molecular weight excluding hydrogens is 432 g/mol. The van der Waals surface area contributed by atoms with Gasteiger partial charge in [0, 0.05) is 17.7 Å². The Kier molecular flexibility index (Phi) is 7.04. The topological polar surface area (TPSA) is 64.9 Å². The van der Waals surface area contributed by atoms with Crippen LogP contribution >= 0.6 is 0 Å². The summed E-state index contributed by atoms with van der Waals surface area (Å²) in [6.07, 6.45) is 2.45. The minimum absolute atomic E-state index is 0.164. The van der Waals surface area contributed by atoms with Gasteiger partial charge in [-0.3, -0.25) is 4.79 Å². The first-order valence-corrected chi connectivity index (χ1v) is 11.5. The fourth-order valence-corrected chi connectivity index (χ4v) is 4.82. The van der Waals surface area contributed by atoms with Gasteiger partial charge in [-0.05, 0) is 78.7 Å². The molecule has 1 amide bonds. The summed E-state index contributed by atoms with van der Waals surface area (Å²) < 4.78 is 26.7. The number of rotatable bonds is 6. The Morgan fingerprint density at radius 1 is 1.03 bits per heavy atom. The smallest absolute Gasteiger partial charge is 0.227 e. The van der Waals surface area contributed by atoms with Gasteiger partial charge in [0.1, 0.15) is 0 Å². The minimum atomic E-state index is -0.985. The van der Waals surface area contributed by atoms with Crippen LogP contribution in [0.2, 0.25) is 0 Å². The molecule has 1 atom stereocenters. The Morgan fingerprint density at radius 2 is 1.76 bits per heavy atom. The third-order valence-electron chi connectivity index (χ3n) is 6.71. The van der Waals surface area contributed by atoms with E-state index in [0.29, 0.717) is 12.0 Å². The number of carbonyl (C=O) groups is 1. The van der Waals surface area contributed by atoms with E-state index in [2.05, 4.69) is 41.0 Å². The van der Waals surface area contributed by atoms with E-state index in [-0.39, 0.29) is 22.9 Å². The van der Waals surface area contributed by atoms with Gasteiger partial charge < -0.3 is 10.6 Å². The number of nitriles is 1. The van der Waals surface area contributed by atoms with E-state index in [9.17, 15) is 18.8 Å². The van der Waals surface area contributed by atoms with Crippen molar-refractivity contribution >= 4 is 11.6 Å². The Hall–Kier alpha value is -3.56. The monoisotopic (exact) mass is 459 g/mol. The van der Waals surface area contributed by atoms with Crippen molar-refractivity contribution in [2.75, 3.05) is 18.4 Å². The van der Waals surface area contributed by atoms with Crippen LogP contribution in [0, 0.1) is 28.9 Å². The molecule has 3 aromatic carbocycles. The molecular formula is C28H27F2N3O. The highest BCUT2D eigenvalue weighted by atomic mass is 19.2. The number of nitrogens with zero attached hydrogens (tertiary/aromatic N) is 1. The highest BCUT2D eigenvalue weighted by Crippen LogP contribution is 2.40. The molecule has 1 heterocycles. The molecule has 0 saturated carbocycles. The van der Waals surface area contributed by atoms with Gasteiger partial charge in [-0.2, -0.15) is 5.26 Å². The summed E-state index contributed by atoms with van der Waals surface area (Å²) in [5, 5.41) is 15.3. The number of anilines is 1. The molecule has 1 saturated heterocycles. The molecule has 174 valence electrons. The lowest BCUT2D eigenvalue weighted by atomic mass is 9.68. The Labute approximate surface area is 198 Å². The molecule has 6 heteroatoms. The second kappa shape index (κ2) is 10.1. The maximum atomic E-state index is 13.5. The Morgan fingerprint density at radius 3 is 2.44 bits per heavy atom. The van der Waals surface area contributed by atoms with Crippen LogP contribution in [0.1, 0.15) is 37.3 Å². The van der Waals surface area contributed by atoms with Crippen molar-refractivity contribution < 1.29 is 13.6 Å². The normalized spacial score (nSPS) is 15.8. The predicted molar refractivity (Wildman–Crippen MR) is 129 cm³/mol. The zero-order chi connectivity index (χ0) is 24.1. The summed E-state index contributed by atoms with van der Waals surface area (Å²) in [6.45, 7) is 3.60. The highest BCUT2D eigenvalue weighted by Gasteiger charge is 2.36. The van der Waals surface area contributed by atoms with Crippen LogP contribution in [0.4, 0.5) is 14.5 Å². The van der Waals surface area contributed by atoms with Crippen LogP contribution in [0.5, 0.6) is 0 Å². The second-order valence-electron chi connectivity index (χ2n) is 9.02. The third-order valence-corrected chi connectivity index (χ3v) is 6.71. The van der Waals surface area contributed by atoms with Crippen LogP contribution < -0.4 is 10.6 Å². The maximum Gasteiger partial charge on any atom is 0.227 e. The van der Waals surface area contributed by atoms with Gasteiger partial charge in [-0.25, -0.2) is 8.78 Å². The maximum absolute atomic E-state index is 13.5. The Bertz CT molecular complexity index is 1210. The molecule has 1 unspecified atom stereocenters. The fraction of sp³-hybridized carbons (Fsp3) is 0.286. The summed E-state index contributed by atoms with van der Waals surface area (Å²) in [5.41, 5.74) is 3.92. The number of amides is 1. The number of benzene rings is 3. The van der Waals surface area contributed by atoms with Gasteiger partial charge in [0.2, 0.25) is 5.91 Å². The quantitative estimate of drug-likeness (QED) is 0.490. The molecule has 4 rings (SSSR count). The number of piperidine rings is 1. The molecule has 0 spiro atoms. The molecule has 2 N–H and O–H groups in total. The van der Waals surface area contributed by atoms with Gasteiger partial charge in [0.25, 0.3) is 0 Å². The van der Waals surface area contributed by atoms with Crippen LogP contribution in [0.15, 0.2) is 66.7 Å². The van der Waals surface area contributed by atoms with Crippen LogP contribution in [0.3, 0.4) is 0 Å². The van der Waals surface area contributed by atoms with Crippen molar-refractivity contribution in [2.24, 2.45) is 5.92 Å². The molecule has 34 heavy (non-hydrogen) atoms. The summed E-state index contributed by atoms with van der Waals surface area (Å²) in [4.78, 5) is 12.9. The zero-order valence-corrected chi connectivity index (χ0v) is 19.1. The van der Waals surface area contributed by atoms with Gasteiger partial charge in [-0.1, -0.05) is 43.3 Å². The molecule has 3 aromatic rings. The lowest BCUT2D eigenvalue weighted by molar-refractivity contribution is -0.120. The third kappa shape index (κ3) is 5.16. The van der Waals surface area contributed by atoms with E-state index >= 15 is 0 Å².